The summed E-state index contributed by atoms with van der Waals surface area (Å²) in [6.45, 7) is -0.234. The number of sulfonamides is 1. The maximum absolute atomic E-state index is 13.4. The SMILES string of the molecule is CN(C)c1cccc2c(S(=O)(=O)NC(CCOC(=O)[O-])c3ccc(C=NN)cc3)cccc12. The Hall–Kier alpha value is -3.63. The van der Waals surface area contributed by atoms with Crippen LogP contribution in [0, 0.1) is 0 Å². The summed E-state index contributed by atoms with van der Waals surface area (Å²) in [5.74, 6) is 5.17. The first-order valence-electron chi connectivity index (χ1n) is 10.1. The molecule has 0 fully saturated rings. The number of hydrogen-bond donors (Lipinski definition) is 2. The van der Waals surface area contributed by atoms with Crippen molar-refractivity contribution in [2.75, 3.05) is 25.6 Å². The van der Waals surface area contributed by atoms with Gasteiger partial charge in [-0.3, -0.25) is 0 Å². The Balaban J connectivity index is 1.99. The van der Waals surface area contributed by atoms with Crippen molar-refractivity contribution in [3.8, 4) is 0 Å². The first-order valence-corrected chi connectivity index (χ1v) is 11.6. The highest BCUT2D eigenvalue weighted by Gasteiger charge is 2.23. The molecule has 10 heteroatoms. The average molecular weight is 470 g/mol. The van der Waals surface area contributed by atoms with Gasteiger partial charge < -0.3 is 25.4 Å². The average Bonchev–Trinajstić information content (AvgIpc) is 2.78. The van der Waals surface area contributed by atoms with Crippen LogP contribution in [0.25, 0.3) is 10.8 Å². The molecule has 3 aromatic carbocycles. The third-order valence-electron chi connectivity index (χ3n) is 5.12. The van der Waals surface area contributed by atoms with Gasteiger partial charge >= 0.3 is 0 Å². The monoisotopic (exact) mass is 469 g/mol. The van der Waals surface area contributed by atoms with Crippen molar-refractivity contribution in [3.63, 3.8) is 0 Å². The summed E-state index contributed by atoms with van der Waals surface area (Å²) in [5, 5.41) is 15.5. The smallest absolute Gasteiger partial charge is 0.251 e. The maximum Gasteiger partial charge on any atom is 0.251 e. The lowest BCUT2D eigenvalue weighted by Crippen LogP contribution is -2.31. The summed E-state index contributed by atoms with van der Waals surface area (Å²) >= 11 is 0. The number of carboxylic acid groups (broad SMARTS) is 1. The van der Waals surface area contributed by atoms with Gasteiger partial charge in [-0.15, -0.1) is 0 Å². The largest absolute Gasteiger partial charge is 0.550 e. The van der Waals surface area contributed by atoms with Crippen LogP contribution in [0.15, 0.2) is 70.7 Å². The van der Waals surface area contributed by atoms with Crippen LogP contribution in [-0.2, 0) is 14.8 Å². The molecule has 0 radical (unpaired) electrons. The number of nitrogens with one attached hydrogen (secondary N) is 1. The lowest BCUT2D eigenvalue weighted by atomic mass is 10.0. The van der Waals surface area contributed by atoms with E-state index in [0.717, 1.165) is 16.6 Å². The number of fused-ring (bicyclic) bond motifs is 1. The molecule has 0 bridgehead atoms. The van der Waals surface area contributed by atoms with Crippen LogP contribution in [0.2, 0.25) is 0 Å². The number of carbonyl (C=O) groups is 1. The number of rotatable bonds is 9. The zero-order valence-corrected chi connectivity index (χ0v) is 19.1. The second kappa shape index (κ2) is 10.3. The van der Waals surface area contributed by atoms with Crippen molar-refractivity contribution >= 4 is 38.9 Å². The number of nitrogens with two attached hydrogens (primary N) is 1. The van der Waals surface area contributed by atoms with E-state index in [1.165, 1.54) is 6.21 Å². The highest BCUT2D eigenvalue weighted by Crippen LogP contribution is 2.31. The molecule has 0 amide bonds. The van der Waals surface area contributed by atoms with Gasteiger partial charge in [0.05, 0.1) is 11.1 Å². The predicted molar refractivity (Wildman–Crippen MR) is 126 cm³/mol. The van der Waals surface area contributed by atoms with Crippen molar-refractivity contribution in [2.45, 2.75) is 17.4 Å². The van der Waals surface area contributed by atoms with E-state index in [-0.39, 0.29) is 17.9 Å². The molecule has 1 atom stereocenters. The molecule has 0 aliphatic carbocycles. The Morgan fingerprint density at radius 3 is 2.42 bits per heavy atom. The molecule has 0 aliphatic heterocycles. The Bertz CT molecular complexity index is 1260. The molecule has 1 unspecified atom stereocenters. The molecule has 0 saturated heterocycles. The van der Waals surface area contributed by atoms with Gasteiger partial charge in [-0.1, -0.05) is 48.5 Å². The fraction of sp³-hybridized carbons (Fsp3) is 0.217. The van der Waals surface area contributed by atoms with Crippen LogP contribution in [0.5, 0.6) is 0 Å². The van der Waals surface area contributed by atoms with Crippen molar-refractivity contribution in [1.29, 1.82) is 0 Å². The lowest BCUT2D eigenvalue weighted by Gasteiger charge is -2.22. The quantitative estimate of drug-likeness (QED) is 0.211. The molecule has 0 saturated carbocycles. The number of ether oxygens (including phenoxy) is 1. The van der Waals surface area contributed by atoms with Crippen LogP contribution in [-0.4, -0.2) is 41.5 Å². The van der Waals surface area contributed by atoms with Crippen LogP contribution in [0.1, 0.15) is 23.6 Å². The molecular formula is C23H25N4O5S-. The summed E-state index contributed by atoms with van der Waals surface area (Å²) < 4.78 is 34.1. The van der Waals surface area contributed by atoms with Crippen molar-refractivity contribution < 1.29 is 23.1 Å². The van der Waals surface area contributed by atoms with Crippen molar-refractivity contribution in [2.24, 2.45) is 10.9 Å². The molecule has 174 valence electrons. The minimum Gasteiger partial charge on any atom is -0.550 e. The predicted octanol–water partition coefficient (Wildman–Crippen LogP) is 1.97. The van der Waals surface area contributed by atoms with Crippen LogP contribution in [0.4, 0.5) is 10.5 Å². The lowest BCUT2D eigenvalue weighted by molar-refractivity contribution is -0.282. The molecule has 0 aliphatic rings. The topological polar surface area (TPSA) is 137 Å². The minimum absolute atomic E-state index is 0.0747. The molecule has 3 rings (SSSR count). The minimum atomic E-state index is -3.98. The highest BCUT2D eigenvalue weighted by molar-refractivity contribution is 7.89. The van der Waals surface area contributed by atoms with E-state index >= 15 is 0 Å². The van der Waals surface area contributed by atoms with Gasteiger partial charge in [-0.05, 0) is 29.7 Å². The molecule has 3 aromatic rings. The number of hydrogen-bond acceptors (Lipinski definition) is 8. The number of carbonyl (C=O) groups excluding carboxylic acids is 1. The van der Waals surface area contributed by atoms with E-state index in [9.17, 15) is 18.3 Å². The second-order valence-corrected chi connectivity index (χ2v) is 9.21. The summed E-state index contributed by atoms with van der Waals surface area (Å²) in [6.07, 6.45) is -0.136. The third kappa shape index (κ3) is 5.79. The summed E-state index contributed by atoms with van der Waals surface area (Å²) in [5.41, 5.74) is 2.25. The van der Waals surface area contributed by atoms with E-state index < -0.39 is 22.2 Å². The van der Waals surface area contributed by atoms with E-state index in [2.05, 4.69) is 14.6 Å². The fourth-order valence-electron chi connectivity index (χ4n) is 3.59. The first-order chi connectivity index (χ1) is 15.7. The molecule has 0 aromatic heterocycles. The molecule has 3 N–H and O–H groups in total. The summed E-state index contributed by atoms with van der Waals surface area (Å²) in [6, 6.07) is 16.7. The van der Waals surface area contributed by atoms with Gasteiger partial charge in [0, 0.05) is 43.2 Å². The molecule has 0 spiro atoms. The number of nitrogens with zero attached hydrogens (tertiary/aromatic N) is 2. The van der Waals surface area contributed by atoms with Gasteiger partial charge in [-0.2, -0.15) is 5.10 Å². The molecular weight excluding hydrogens is 444 g/mol. The first kappa shape index (κ1) is 24.0. The zero-order chi connectivity index (χ0) is 24.0. The van der Waals surface area contributed by atoms with Gasteiger partial charge in [0.15, 0.2) is 0 Å². The van der Waals surface area contributed by atoms with Crippen LogP contribution >= 0.6 is 0 Å². The van der Waals surface area contributed by atoms with Crippen molar-refractivity contribution in [3.05, 3.63) is 71.8 Å². The summed E-state index contributed by atoms with van der Waals surface area (Å²) in [7, 11) is -0.202. The fourth-order valence-corrected chi connectivity index (χ4v) is 5.07. The van der Waals surface area contributed by atoms with Gasteiger partial charge in [0.25, 0.3) is 6.16 Å². The van der Waals surface area contributed by atoms with E-state index in [1.54, 1.807) is 48.5 Å². The van der Waals surface area contributed by atoms with E-state index in [0.29, 0.717) is 10.9 Å². The normalized spacial score (nSPS) is 12.7. The summed E-state index contributed by atoms with van der Waals surface area (Å²) in [4.78, 5) is 12.7. The van der Waals surface area contributed by atoms with E-state index in [4.69, 9.17) is 5.84 Å². The Kier molecular flexibility index (Phi) is 7.52. The Morgan fingerprint density at radius 2 is 1.79 bits per heavy atom. The van der Waals surface area contributed by atoms with Crippen molar-refractivity contribution in [1.82, 2.24) is 4.72 Å². The second-order valence-electron chi connectivity index (χ2n) is 7.53. The standard InChI is InChI=1S/C23H26N4O5S/c1-27(2)21-7-3-6-19-18(21)5-4-8-22(19)33(30,31)26-20(13-14-32-23(28)29)17-11-9-16(10-12-17)15-25-24/h3-12,15,20,26H,13-14,24H2,1-2H3,(H,28,29)/p-1. The van der Waals surface area contributed by atoms with Gasteiger partial charge in [0.1, 0.15) is 0 Å². The number of hydrazone groups is 1. The Labute approximate surface area is 192 Å². The third-order valence-corrected chi connectivity index (χ3v) is 6.65. The Morgan fingerprint density at radius 1 is 1.12 bits per heavy atom. The number of anilines is 1. The van der Waals surface area contributed by atoms with Crippen LogP contribution < -0.4 is 20.6 Å². The maximum atomic E-state index is 13.4. The van der Waals surface area contributed by atoms with E-state index in [1.807, 2.05) is 31.1 Å². The molecule has 33 heavy (non-hydrogen) atoms. The zero-order valence-electron chi connectivity index (χ0n) is 18.3. The highest BCUT2D eigenvalue weighted by atomic mass is 32.2. The van der Waals surface area contributed by atoms with Gasteiger partial charge in [0.2, 0.25) is 10.0 Å². The molecule has 9 nitrogen and oxygen atoms in total. The number of benzene rings is 3. The van der Waals surface area contributed by atoms with Crippen LogP contribution in [0.3, 0.4) is 0 Å². The molecule has 0 heterocycles. The van der Waals surface area contributed by atoms with Gasteiger partial charge in [-0.25, -0.2) is 13.1 Å².